The third kappa shape index (κ3) is 4.41. The van der Waals surface area contributed by atoms with Crippen molar-refractivity contribution in [2.45, 2.75) is 18.6 Å². The summed E-state index contributed by atoms with van der Waals surface area (Å²) in [6.45, 7) is 2.72. The minimum atomic E-state index is -0.863. The Bertz CT molecular complexity index is 352. The fourth-order valence-corrected chi connectivity index (χ4v) is 2.43. The summed E-state index contributed by atoms with van der Waals surface area (Å²) < 4.78 is 4.96. The Hall–Kier alpha value is -0.890. The summed E-state index contributed by atoms with van der Waals surface area (Å²) in [6, 6.07) is 0. The number of esters is 1. The van der Waals surface area contributed by atoms with Crippen LogP contribution in [0.25, 0.3) is 0 Å². The molecule has 1 fully saturated rings. The SMILES string of the molecule is CSC(C)COC(=O)C(=C1NCCCS1)[N+](=O)[O-]. The summed E-state index contributed by atoms with van der Waals surface area (Å²) in [4.78, 5) is 22.0. The van der Waals surface area contributed by atoms with Crippen LogP contribution in [-0.2, 0) is 9.53 Å². The van der Waals surface area contributed by atoms with E-state index in [0.29, 0.717) is 11.6 Å². The number of rotatable bonds is 5. The molecule has 1 N–H and O–H groups in total. The maximum Gasteiger partial charge on any atom is 0.412 e. The van der Waals surface area contributed by atoms with Gasteiger partial charge in [-0.15, -0.1) is 11.8 Å². The molecule has 1 unspecified atom stereocenters. The van der Waals surface area contributed by atoms with Gasteiger partial charge in [-0.3, -0.25) is 10.1 Å². The minimum absolute atomic E-state index is 0.124. The molecule has 0 aromatic heterocycles. The fourth-order valence-electron chi connectivity index (χ4n) is 1.23. The summed E-state index contributed by atoms with van der Waals surface area (Å²) in [6.07, 6.45) is 2.82. The van der Waals surface area contributed by atoms with Crippen LogP contribution < -0.4 is 5.32 Å². The number of hydrogen-bond acceptors (Lipinski definition) is 7. The third-order valence-electron chi connectivity index (χ3n) is 2.30. The molecule has 0 radical (unpaired) electrons. The highest BCUT2D eigenvalue weighted by molar-refractivity contribution is 8.03. The number of ether oxygens (including phenoxy) is 1. The van der Waals surface area contributed by atoms with Crippen LogP contribution in [0.5, 0.6) is 0 Å². The molecule has 0 aromatic rings. The molecule has 1 atom stereocenters. The number of thioether (sulfide) groups is 2. The summed E-state index contributed by atoms with van der Waals surface area (Å²) in [7, 11) is 0. The van der Waals surface area contributed by atoms with E-state index in [2.05, 4.69) is 5.32 Å². The van der Waals surface area contributed by atoms with E-state index in [4.69, 9.17) is 4.74 Å². The van der Waals surface area contributed by atoms with E-state index in [1.165, 1.54) is 23.5 Å². The van der Waals surface area contributed by atoms with Crippen LogP contribution in [0.15, 0.2) is 10.7 Å². The Labute approximate surface area is 114 Å². The maximum absolute atomic E-state index is 11.7. The standard InChI is InChI=1S/C10H16N2O4S2/c1-7(17-2)6-16-10(13)8(12(14)15)9-11-4-3-5-18-9/h7,11H,3-6H2,1-2H3. The first-order valence-electron chi connectivity index (χ1n) is 5.51. The van der Waals surface area contributed by atoms with Crippen LogP contribution in [0.1, 0.15) is 13.3 Å². The zero-order chi connectivity index (χ0) is 13.5. The van der Waals surface area contributed by atoms with Gasteiger partial charge in [0.05, 0.1) is 4.92 Å². The van der Waals surface area contributed by atoms with E-state index in [9.17, 15) is 14.9 Å². The first-order chi connectivity index (χ1) is 8.56. The van der Waals surface area contributed by atoms with E-state index < -0.39 is 16.6 Å². The molecule has 102 valence electrons. The highest BCUT2D eigenvalue weighted by Gasteiger charge is 2.31. The zero-order valence-corrected chi connectivity index (χ0v) is 11.9. The number of nitrogens with zero attached hydrogens (tertiary/aromatic N) is 1. The second-order valence-electron chi connectivity index (χ2n) is 3.71. The van der Waals surface area contributed by atoms with Crippen molar-refractivity contribution in [3.63, 3.8) is 0 Å². The monoisotopic (exact) mass is 292 g/mol. The topological polar surface area (TPSA) is 81.5 Å². The van der Waals surface area contributed by atoms with E-state index in [1.807, 2.05) is 13.2 Å². The second kappa shape index (κ2) is 7.52. The van der Waals surface area contributed by atoms with Crippen molar-refractivity contribution in [1.82, 2.24) is 5.32 Å². The van der Waals surface area contributed by atoms with Gasteiger partial charge in [-0.25, -0.2) is 4.79 Å². The first-order valence-corrected chi connectivity index (χ1v) is 7.79. The molecule has 0 bridgehead atoms. The number of nitro groups is 1. The van der Waals surface area contributed by atoms with Gasteiger partial charge in [-0.1, -0.05) is 6.92 Å². The summed E-state index contributed by atoms with van der Waals surface area (Å²) >= 11 is 2.83. The smallest absolute Gasteiger partial charge is 0.412 e. The third-order valence-corrected chi connectivity index (χ3v) is 4.36. The lowest BCUT2D eigenvalue weighted by atomic mass is 10.4. The van der Waals surface area contributed by atoms with Gasteiger partial charge < -0.3 is 10.1 Å². The Morgan fingerprint density at radius 2 is 2.44 bits per heavy atom. The van der Waals surface area contributed by atoms with E-state index in [0.717, 1.165) is 12.2 Å². The highest BCUT2D eigenvalue weighted by atomic mass is 32.2. The normalized spacial score (nSPS) is 19.7. The molecule has 1 aliphatic rings. The van der Waals surface area contributed by atoms with Crippen molar-refractivity contribution < 1.29 is 14.5 Å². The molecule has 1 heterocycles. The molecule has 0 spiro atoms. The summed E-state index contributed by atoms with van der Waals surface area (Å²) in [5.41, 5.74) is -0.479. The maximum atomic E-state index is 11.7. The van der Waals surface area contributed by atoms with Crippen molar-refractivity contribution in [1.29, 1.82) is 0 Å². The Morgan fingerprint density at radius 3 is 2.94 bits per heavy atom. The molecule has 1 aliphatic heterocycles. The Morgan fingerprint density at radius 1 is 1.72 bits per heavy atom. The zero-order valence-electron chi connectivity index (χ0n) is 10.3. The quantitative estimate of drug-likeness (QED) is 0.355. The molecule has 0 aromatic carbocycles. The summed E-state index contributed by atoms with van der Waals surface area (Å²) in [5, 5.41) is 14.3. The van der Waals surface area contributed by atoms with Gasteiger partial charge >= 0.3 is 11.7 Å². The predicted molar refractivity (Wildman–Crippen MR) is 73.0 cm³/mol. The highest BCUT2D eigenvalue weighted by Crippen LogP contribution is 2.23. The largest absolute Gasteiger partial charge is 0.456 e. The number of carbonyl (C=O) groups excluding carboxylic acids is 1. The van der Waals surface area contributed by atoms with E-state index in [1.54, 1.807) is 0 Å². The van der Waals surface area contributed by atoms with Crippen LogP contribution in [-0.4, -0.2) is 41.3 Å². The van der Waals surface area contributed by atoms with E-state index in [-0.39, 0.29) is 11.9 Å². The van der Waals surface area contributed by atoms with Crippen LogP contribution in [0.3, 0.4) is 0 Å². The number of carbonyl (C=O) groups is 1. The molecule has 0 amide bonds. The van der Waals surface area contributed by atoms with Gasteiger partial charge in [-0.2, -0.15) is 11.8 Å². The fraction of sp³-hybridized carbons (Fsp3) is 0.700. The lowest BCUT2D eigenvalue weighted by Crippen LogP contribution is -2.27. The van der Waals surface area contributed by atoms with Gasteiger partial charge in [0.25, 0.3) is 0 Å². The van der Waals surface area contributed by atoms with Crippen molar-refractivity contribution in [2.75, 3.05) is 25.2 Å². The Kier molecular flexibility index (Phi) is 6.34. The molecule has 8 heteroatoms. The van der Waals surface area contributed by atoms with Crippen LogP contribution in [0.2, 0.25) is 0 Å². The molecule has 6 nitrogen and oxygen atoms in total. The lowest BCUT2D eigenvalue weighted by Gasteiger charge is -2.16. The number of hydrogen-bond donors (Lipinski definition) is 1. The van der Waals surface area contributed by atoms with Crippen LogP contribution in [0, 0.1) is 10.1 Å². The van der Waals surface area contributed by atoms with Gasteiger partial charge in [-0.05, 0) is 12.7 Å². The predicted octanol–water partition coefficient (Wildman–Crippen LogP) is 1.45. The molecule has 1 saturated heterocycles. The molecular weight excluding hydrogens is 276 g/mol. The van der Waals surface area contributed by atoms with Crippen molar-refractivity contribution in [2.24, 2.45) is 0 Å². The van der Waals surface area contributed by atoms with Crippen LogP contribution >= 0.6 is 23.5 Å². The second-order valence-corrected chi connectivity index (χ2v) is 6.09. The van der Waals surface area contributed by atoms with Crippen molar-refractivity contribution in [3.05, 3.63) is 20.8 Å². The summed E-state index contributed by atoms with van der Waals surface area (Å²) in [5.74, 6) is -0.0912. The molecular formula is C10H16N2O4S2. The van der Waals surface area contributed by atoms with Gasteiger partial charge in [0, 0.05) is 17.5 Å². The average Bonchev–Trinajstić information content (AvgIpc) is 2.37. The molecule has 1 rings (SSSR count). The minimum Gasteiger partial charge on any atom is -0.456 e. The van der Waals surface area contributed by atoms with Gasteiger partial charge in [0.2, 0.25) is 0 Å². The molecule has 0 saturated carbocycles. The molecule has 0 aliphatic carbocycles. The first kappa shape index (κ1) is 15.2. The number of nitrogens with one attached hydrogen (secondary N) is 1. The Balaban J connectivity index is 2.72. The van der Waals surface area contributed by atoms with Crippen LogP contribution in [0.4, 0.5) is 0 Å². The van der Waals surface area contributed by atoms with E-state index >= 15 is 0 Å². The van der Waals surface area contributed by atoms with Gasteiger partial charge in [0.1, 0.15) is 6.61 Å². The van der Waals surface area contributed by atoms with Gasteiger partial charge in [0.15, 0.2) is 5.03 Å². The van der Waals surface area contributed by atoms with Crippen molar-refractivity contribution >= 4 is 29.5 Å². The van der Waals surface area contributed by atoms with Crippen molar-refractivity contribution in [3.8, 4) is 0 Å². The average molecular weight is 292 g/mol. The molecule has 18 heavy (non-hydrogen) atoms. The lowest BCUT2D eigenvalue weighted by molar-refractivity contribution is -0.422.